The van der Waals surface area contributed by atoms with Crippen LogP contribution >= 0.6 is 12.4 Å². The third kappa shape index (κ3) is 9.72. The molecule has 0 spiro atoms. The molecule has 0 aliphatic carbocycles. The number of halogens is 1. The van der Waals surface area contributed by atoms with Crippen molar-refractivity contribution in [2.75, 3.05) is 0 Å². The highest BCUT2D eigenvalue weighted by molar-refractivity contribution is 5.85. The lowest BCUT2D eigenvalue weighted by atomic mass is 10.1. The number of unbranched alkanes of at least 4 members (excludes halogenated alkanes) is 1. The molecule has 3 heteroatoms. The predicted octanol–water partition coefficient (Wildman–Crippen LogP) is 3.32. The summed E-state index contributed by atoms with van der Waals surface area (Å²) in [7, 11) is 0. The third-order valence-electron chi connectivity index (χ3n) is 2.11. The molecule has 0 saturated heterocycles. The first-order chi connectivity index (χ1) is 6.20. The zero-order valence-corrected chi connectivity index (χ0v) is 9.99. The van der Waals surface area contributed by atoms with E-state index < -0.39 is 0 Å². The Bertz CT molecular complexity index is 167. The molecule has 0 aromatic heterocycles. The highest BCUT2D eigenvalue weighted by Gasteiger charge is 2.03. The monoisotopic (exact) mass is 220 g/mol. The van der Waals surface area contributed by atoms with Crippen LogP contribution in [0.2, 0.25) is 0 Å². The summed E-state index contributed by atoms with van der Waals surface area (Å²) in [6.45, 7) is 3.94. The first kappa shape index (κ1) is 16.1. The standard InChI is InChI=1S/C11H20O2.ClH/c1-3-5-7-11(13)9-6-8-10(12)4-2;/h3-9H2,1-2H3;1H. The van der Waals surface area contributed by atoms with Gasteiger partial charge in [-0.25, -0.2) is 0 Å². The molecule has 84 valence electrons. The average molecular weight is 221 g/mol. The molecule has 0 aromatic carbocycles. The van der Waals surface area contributed by atoms with E-state index in [4.69, 9.17) is 0 Å². The van der Waals surface area contributed by atoms with Crippen molar-refractivity contribution in [2.45, 2.75) is 58.8 Å². The fourth-order valence-corrected chi connectivity index (χ4v) is 1.16. The van der Waals surface area contributed by atoms with Gasteiger partial charge in [0.15, 0.2) is 0 Å². The minimum absolute atomic E-state index is 0. The van der Waals surface area contributed by atoms with Crippen molar-refractivity contribution in [1.82, 2.24) is 0 Å². The Kier molecular flexibility index (Phi) is 12.3. The van der Waals surface area contributed by atoms with Gasteiger partial charge in [0.1, 0.15) is 11.6 Å². The zero-order valence-electron chi connectivity index (χ0n) is 9.17. The summed E-state index contributed by atoms with van der Waals surface area (Å²) in [5.41, 5.74) is 0. The van der Waals surface area contributed by atoms with Gasteiger partial charge >= 0.3 is 0 Å². The number of hydrogen-bond donors (Lipinski definition) is 0. The van der Waals surface area contributed by atoms with E-state index in [9.17, 15) is 9.59 Å². The van der Waals surface area contributed by atoms with Crippen LogP contribution in [-0.4, -0.2) is 11.6 Å². The SMILES string of the molecule is CCCCC(=O)CCCC(=O)CC.Cl. The molecule has 0 saturated carbocycles. The van der Waals surface area contributed by atoms with E-state index in [1.807, 2.05) is 6.92 Å². The summed E-state index contributed by atoms with van der Waals surface area (Å²) >= 11 is 0. The van der Waals surface area contributed by atoms with Crippen LogP contribution in [0, 0.1) is 0 Å². The molecule has 0 aromatic rings. The molecule has 0 amide bonds. The number of hydrogen-bond acceptors (Lipinski definition) is 2. The lowest BCUT2D eigenvalue weighted by Gasteiger charge is -1.98. The maximum atomic E-state index is 11.2. The lowest BCUT2D eigenvalue weighted by Crippen LogP contribution is -2.00. The lowest BCUT2D eigenvalue weighted by molar-refractivity contribution is -0.120. The molecule has 0 aliphatic heterocycles. The predicted molar refractivity (Wildman–Crippen MR) is 60.9 cm³/mol. The van der Waals surface area contributed by atoms with Crippen LogP contribution < -0.4 is 0 Å². The molecule has 0 rings (SSSR count). The molecule has 0 radical (unpaired) electrons. The van der Waals surface area contributed by atoms with Crippen molar-refractivity contribution >= 4 is 24.0 Å². The van der Waals surface area contributed by atoms with Crippen molar-refractivity contribution in [2.24, 2.45) is 0 Å². The quantitative estimate of drug-likeness (QED) is 0.629. The van der Waals surface area contributed by atoms with Crippen LogP contribution in [0.25, 0.3) is 0 Å². The number of rotatable bonds is 8. The van der Waals surface area contributed by atoms with Crippen LogP contribution in [0.4, 0.5) is 0 Å². The van der Waals surface area contributed by atoms with E-state index >= 15 is 0 Å². The molecular weight excluding hydrogens is 200 g/mol. The van der Waals surface area contributed by atoms with Crippen molar-refractivity contribution in [3.63, 3.8) is 0 Å². The molecular formula is C11H21ClO2. The van der Waals surface area contributed by atoms with Crippen LogP contribution in [-0.2, 0) is 9.59 Å². The van der Waals surface area contributed by atoms with Crippen LogP contribution in [0.1, 0.15) is 58.8 Å². The summed E-state index contributed by atoms with van der Waals surface area (Å²) in [6.07, 6.45) is 5.26. The fraction of sp³-hybridized carbons (Fsp3) is 0.818. The van der Waals surface area contributed by atoms with Gasteiger partial charge in [-0.15, -0.1) is 12.4 Å². The van der Waals surface area contributed by atoms with Crippen molar-refractivity contribution in [3.05, 3.63) is 0 Å². The second-order valence-electron chi connectivity index (χ2n) is 3.39. The smallest absolute Gasteiger partial charge is 0.132 e. The molecule has 0 heterocycles. The minimum Gasteiger partial charge on any atom is -0.300 e. The Morgan fingerprint density at radius 1 is 0.857 bits per heavy atom. The molecule has 0 bridgehead atoms. The average Bonchev–Trinajstić information content (AvgIpc) is 2.14. The minimum atomic E-state index is 0. The highest BCUT2D eigenvalue weighted by Crippen LogP contribution is 2.04. The second-order valence-corrected chi connectivity index (χ2v) is 3.39. The summed E-state index contributed by atoms with van der Waals surface area (Å²) < 4.78 is 0. The van der Waals surface area contributed by atoms with E-state index in [2.05, 4.69) is 6.92 Å². The number of carbonyl (C=O) groups is 2. The number of ketones is 2. The van der Waals surface area contributed by atoms with E-state index in [1.54, 1.807) is 0 Å². The van der Waals surface area contributed by atoms with Crippen molar-refractivity contribution in [1.29, 1.82) is 0 Å². The molecule has 14 heavy (non-hydrogen) atoms. The van der Waals surface area contributed by atoms with Crippen LogP contribution in [0.15, 0.2) is 0 Å². The first-order valence-corrected chi connectivity index (χ1v) is 5.24. The first-order valence-electron chi connectivity index (χ1n) is 5.24. The van der Waals surface area contributed by atoms with Gasteiger partial charge in [0.2, 0.25) is 0 Å². The van der Waals surface area contributed by atoms with Gasteiger partial charge in [-0.3, -0.25) is 9.59 Å². The van der Waals surface area contributed by atoms with E-state index in [0.717, 1.165) is 19.3 Å². The summed E-state index contributed by atoms with van der Waals surface area (Å²) in [4.78, 5) is 22.1. The molecule has 0 fully saturated rings. The Morgan fingerprint density at radius 2 is 1.36 bits per heavy atom. The molecule has 0 aliphatic rings. The second kappa shape index (κ2) is 10.7. The Balaban J connectivity index is 0. The Labute approximate surface area is 92.9 Å². The molecule has 2 nitrogen and oxygen atoms in total. The Morgan fingerprint density at radius 3 is 1.86 bits per heavy atom. The van der Waals surface area contributed by atoms with Gasteiger partial charge in [-0.1, -0.05) is 20.3 Å². The number of carbonyl (C=O) groups excluding carboxylic acids is 2. The van der Waals surface area contributed by atoms with E-state index in [1.165, 1.54) is 0 Å². The summed E-state index contributed by atoms with van der Waals surface area (Å²) in [5.74, 6) is 0.578. The molecule has 0 N–H and O–H groups in total. The van der Waals surface area contributed by atoms with Gasteiger partial charge in [0.25, 0.3) is 0 Å². The highest BCUT2D eigenvalue weighted by atomic mass is 35.5. The van der Waals surface area contributed by atoms with Gasteiger partial charge < -0.3 is 0 Å². The van der Waals surface area contributed by atoms with Gasteiger partial charge in [0, 0.05) is 25.7 Å². The third-order valence-corrected chi connectivity index (χ3v) is 2.11. The maximum absolute atomic E-state index is 11.2. The Hall–Kier alpha value is -0.370. The molecule has 0 atom stereocenters. The summed E-state index contributed by atoms with van der Waals surface area (Å²) in [6, 6.07) is 0. The van der Waals surface area contributed by atoms with Gasteiger partial charge in [0.05, 0.1) is 0 Å². The van der Waals surface area contributed by atoms with Gasteiger partial charge in [-0.05, 0) is 12.8 Å². The molecule has 0 unspecified atom stereocenters. The van der Waals surface area contributed by atoms with Crippen molar-refractivity contribution in [3.8, 4) is 0 Å². The topological polar surface area (TPSA) is 34.1 Å². The van der Waals surface area contributed by atoms with Gasteiger partial charge in [-0.2, -0.15) is 0 Å². The van der Waals surface area contributed by atoms with E-state index in [-0.39, 0.29) is 18.2 Å². The van der Waals surface area contributed by atoms with E-state index in [0.29, 0.717) is 31.5 Å². The summed E-state index contributed by atoms with van der Waals surface area (Å²) in [5, 5.41) is 0. The largest absolute Gasteiger partial charge is 0.300 e. The van der Waals surface area contributed by atoms with Crippen LogP contribution in [0.3, 0.4) is 0 Å². The zero-order chi connectivity index (χ0) is 10.1. The fourth-order valence-electron chi connectivity index (χ4n) is 1.16. The maximum Gasteiger partial charge on any atom is 0.132 e. The van der Waals surface area contributed by atoms with Crippen molar-refractivity contribution < 1.29 is 9.59 Å². The van der Waals surface area contributed by atoms with Crippen LogP contribution in [0.5, 0.6) is 0 Å². The normalized spacial score (nSPS) is 9.29. The number of Topliss-reactive ketones (excluding diaryl/α,β-unsaturated/α-hetero) is 2.